The molecule has 0 fully saturated rings. The van der Waals surface area contributed by atoms with Gasteiger partial charge >= 0.3 is 0 Å². The van der Waals surface area contributed by atoms with Crippen molar-refractivity contribution in [3.05, 3.63) is 51.7 Å². The van der Waals surface area contributed by atoms with Crippen molar-refractivity contribution in [1.29, 1.82) is 0 Å². The molecule has 1 aromatic heterocycles. The van der Waals surface area contributed by atoms with Crippen molar-refractivity contribution in [3.8, 4) is 5.75 Å². The fourth-order valence-electron chi connectivity index (χ4n) is 1.50. The normalized spacial score (nSPS) is 10.1. The number of carbonyl (C=O) groups excluding carboxylic acids is 1. The third-order valence-electron chi connectivity index (χ3n) is 2.43. The number of halogens is 2. The molecule has 0 saturated carbocycles. The second kappa shape index (κ2) is 6.04. The average Bonchev–Trinajstić information content (AvgIpc) is 2.43. The van der Waals surface area contributed by atoms with Gasteiger partial charge in [0.1, 0.15) is 5.75 Å². The lowest BCUT2D eigenvalue weighted by molar-refractivity contribution is 0.102. The molecule has 4 nitrogen and oxygen atoms in total. The molecule has 0 aliphatic heterocycles. The van der Waals surface area contributed by atoms with E-state index in [0.717, 1.165) is 4.47 Å². The number of hydrogen-bond donors (Lipinski definition) is 1. The van der Waals surface area contributed by atoms with Crippen LogP contribution in [0.15, 0.2) is 41.1 Å². The van der Waals surface area contributed by atoms with Crippen LogP contribution in [-0.4, -0.2) is 18.0 Å². The predicted octanol–water partition coefficient (Wildman–Crippen LogP) is 3.76. The summed E-state index contributed by atoms with van der Waals surface area (Å²) in [5, 5.41) is 3.28. The van der Waals surface area contributed by atoms with Gasteiger partial charge in [-0.3, -0.25) is 9.78 Å². The van der Waals surface area contributed by atoms with Crippen LogP contribution in [0.5, 0.6) is 5.75 Å². The zero-order chi connectivity index (χ0) is 13.8. The van der Waals surface area contributed by atoms with Crippen molar-refractivity contribution < 1.29 is 9.53 Å². The Morgan fingerprint density at radius 1 is 1.42 bits per heavy atom. The minimum Gasteiger partial charge on any atom is -0.494 e. The number of ether oxygens (including phenoxy) is 1. The number of rotatable bonds is 3. The molecule has 19 heavy (non-hydrogen) atoms. The van der Waals surface area contributed by atoms with Crippen LogP contribution in [0.4, 0.5) is 5.69 Å². The molecule has 1 amide bonds. The number of methoxy groups -OCH3 is 1. The van der Waals surface area contributed by atoms with E-state index in [2.05, 4.69) is 26.2 Å². The highest BCUT2D eigenvalue weighted by Crippen LogP contribution is 2.26. The smallest absolute Gasteiger partial charge is 0.259 e. The first-order valence-electron chi connectivity index (χ1n) is 5.36. The van der Waals surface area contributed by atoms with Crippen LogP contribution in [-0.2, 0) is 0 Å². The fourth-order valence-corrected chi connectivity index (χ4v) is 1.93. The van der Waals surface area contributed by atoms with Gasteiger partial charge in [-0.25, -0.2) is 0 Å². The monoisotopic (exact) mass is 340 g/mol. The molecule has 1 heterocycles. The lowest BCUT2D eigenvalue weighted by Gasteiger charge is -2.09. The molecule has 0 unspecified atom stereocenters. The summed E-state index contributed by atoms with van der Waals surface area (Å²) < 4.78 is 5.86. The SMILES string of the molecule is COc1cnccc1C(=O)Nc1ccc(Br)c(Cl)c1. The Bertz CT molecular complexity index is 619. The Morgan fingerprint density at radius 2 is 2.21 bits per heavy atom. The fraction of sp³-hybridized carbons (Fsp3) is 0.0769. The molecule has 0 aliphatic carbocycles. The maximum atomic E-state index is 12.1. The molecule has 0 bridgehead atoms. The molecule has 0 aliphatic rings. The second-order valence-electron chi connectivity index (χ2n) is 3.66. The van der Waals surface area contributed by atoms with Crippen molar-refractivity contribution >= 4 is 39.1 Å². The molecular formula is C13H10BrClN2O2. The van der Waals surface area contributed by atoms with Gasteiger partial charge in [-0.2, -0.15) is 0 Å². The summed E-state index contributed by atoms with van der Waals surface area (Å²) >= 11 is 9.26. The summed E-state index contributed by atoms with van der Waals surface area (Å²) in [5.74, 6) is 0.140. The van der Waals surface area contributed by atoms with Crippen LogP contribution >= 0.6 is 27.5 Å². The van der Waals surface area contributed by atoms with Crippen LogP contribution in [0, 0.1) is 0 Å². The van der Waals surface area contributed by atoms with Gasteiger partial charge < -0.3 is 10.1 Å². The molecule has 98 valence electrons. The van der Waals surface area contributed by atoms with Crippen LogP contribution in [0.25, 0.3) is 0 Å². The highest BCUT2D eigenvalue weighted by molar-refractivity contribution is 9.10. The molecule has 1 N–H and O–H groups in total. The standard InChI is InChI=1S/C13H10BrClN2O2/c1-19-12-7-16-5-4-9(12)13(18)17-8-2-3-10(14)11(15)6-8/h2-7H,1H3,(H,17,18). The van der Waals surface area contributed by atoms with Crippen molar-refractivity contribution in [2.24, 2.45) is 0 Å². The van der Waals surface area contributed by atoms with E-state index in [-0.39, 0.29) is 5.91 Å². The van der Waals surface area contributed by atoms with Crippen LogP contribution in [0.1, 0.15) is 10.4 Å². The van der Waals surface area contributed by atoms with E-state index in [4.69, 9.17) is 16.3 Å². The quantitative estimate of drug-likeness (QED) is 0.925. The van der Waals surface area contributed by atoms with Crippen molar-refractivity contribution in [2.45, 2.75) is 0 Å². The lowest BCUT2D eigenvalue weighted by Crippen LogP contribution is -2.13. The molecular weight excluding hydrogens is 332 g/mol. The Labute approximate surface area is 123 Å². The van der Waals surface area contributed by atoms with Crippen LogP contribution in [0.3, 0.4) is 0 Å². The molecule has 2 aromatic rings. The summed E-state index contributed by atoms with van der Waals surface area (Å²) in [6.07, 6.45) is 3.02. The number of nitrogens with zero attached hydrogens (tertiary/aromatic N) is 1. The highest BCUT2D eigenvalue weighted by Gasteiger charge is 2.12. The Balaban J connectivity index is 2.23. The zero-order valence-electron chi connectivity index (χ0n) is 9.98. The van der Waals surface area contributed by atoms with Gasteiger partial charge in [0, 0.05) is 16.4 Å². The number of aromatic nitrogens is 1. The van der Waals surface area contributed by atoms with Crippen molar-refractivity contribution in [2.75, 3.05) is 12.4 Å². The lowest BCUT2D eigenvalue weighted by atomic mass is 10.2. The predicted molar refractivity (Wildman–Crippen MR) is 77.9 cm³/mol. The molecule has 0 radical (unpaired) electrons. The largest absolute Gasteiger partial charge is 0.494 e. The molecule has 6 heteroatoms. The topological polar surface area (TPSA) is 51.2 Å². The summed E-state index contributed by atoms with van der Waals surface area (Å²) in [6, 6.07) is 6.77. The Hall–Kier alpha value is -1.59. The Kier molecular flexibility index (Phi) is 4.39. The van der Waals surface area contributed by atoms with Gasteiger partial charge in [-0.05, 0) is 40.2 Å². The number of amides is 1. The summed E-state index contributed by atoms with van der Waals surface area (Å²) in [6.45, 7) is 0. The van der Waals surface area contributed by atoms with E-state index in [9.17, 15) is 4.79 Å². The van der Waals surface area contributed by atoms with E-state index in [1.54, 1.807) is 24.3 Å². The first-order chi connectivity index (χ1) is 9.11. The van der Waals surface area contributed by atoms with E-state index in [1.807, 2.05) is 0 Å². The molecule has 1 aromatic carbocycles. The highest BCUT2D eigenvalue weighted by atomic mass is 79.9. The summed E-state index contributed by atoms with van der Waals surface area (Å²) in [7, 11) is 1.49. The third-order valence-corrected chi connectivity index (χ3v) is 3.66. The number of benzene rings is 1. The zero-order valence-corrected chi connectivity index (χ0v) is 12.3. The molecule has 0 atom stereocenters. The minimum absolute atomic E-state index is 0.280. The molecule has 0 spiro atoms. The maximum Gasteiger partial charge on any atom is 0.259 e. The minimum atomic E-state index is -0.280. The first-order valence-corrected chi connectivity index (χ1v) is 6.53. The number of anilines is 1. The summed E-state index contributed by atoms with van der Waals surface area (Å²) in [5.41, 5.74) is 1.02. The molecule has 0 saturated heterocycles. The van der Waals surface area contributed by atoms with Crippen LogP contribution in [0.2, 0.25) is 5.02 Å². The Morgan fingerprint density at radius 3 is 2.89 bits per heavy atom. The van der Waals surface area contributed by atoms with Gasteiger partial charge in [-0.1, -0.05) is 11.6 Å². The maximum absolute atomic E-state index is 12.1. The second-order valence-corrected chi connectivity index (χ2v) is 4.92. The first kappa shape index (κ1) is 13.8. The van der Waals surface area contributed by atoms with Gasteiger partial charge in [0.25, 0.3) is 5.91 Å². The van der Waals surface area contributed by atoms with E-state index >= 15 is 0 Å². The summed E-state index contributed by atoms with van der Waals surface area (Å²) in [4.78, 5) is 16.0. The number of nitrogens with one attached hydrogen (secondary N) is 1. The third kappa shape index (κ3) is 3.24. The van der Waals surface area contributed by atoms with E-state index < -0.39 is 0 Å². The number of pyridine rings is 1. The van der Waals surface area contributed by atoms with Gasteiger partial charge in [0.15, 0.2) is 0 Å². The van der Waals surface area contributed by atoms with Crippen LogP contribution < -0.4 is 10.1 Å². The van der Waals surface area contributed by atoms with Gasteiger partial charge in [-0.15, -0.1) is 0 Å². The van der Waals surface area contributed by atoms with Gasteiger partial charge in [0.2, 0.25) is 0 Å². The molecule has 2 rings (SSSR count). The number of carbonyl (C=O) groups is 1. The van der Waals surface area contributed by atoms with Crippen molar-refractivity contribution in [3.63, 3.8) is 0 Å². The number of hydrogen-bond acceptors (Lipinski definition) is 3. The average molecular weight is 342 g/mol. The van der Waals surface area contributed by atoms with Crippen molar-refractivity contribution in [1.82, 2.24) is 4.98 Å². The van der Waals surface area contributed by atoms with E-state index in [0.29, 0.717) is 22.0 Å². The van der Waals surface area contributed by atoms with E-state index in [1.165, 1.54) is 19.5 Å². The van der Waals surface area contributed by atoms with Gasteiger partial charge in [0.05, 0.1) is 23.9 Å².